The van der Waals surface area contributed by atoms with Crippen LogP contribution in [0.2, 0.25) is 0 Å². The van der Waals surface area contributed by atoms with Gasteiger partial charge in [0.15, 0.2) is 0 Å². The van der Waals surface area contributed by atoms with Crippen LogP contribution in [0, 0.1) is 0 Å². The number of halogens is 1. The lowest BCUT2D eigenvalue weighted by molar-refractivity contribution is 0.219. The Bertz CT molecular complexity index is 328. The molecule has 0 saturated carbocycles. The minimum atomic E-state index is -0.392. The van der Waals surface area contributed by atoms with Gasteiger partial charge in [-0.25, -0.2) is 4.79 Å². The lowest BCUT2D eigenvalue weighted by Crippen LogP contribution is -2.33. The van der Waals surface area contributed by atoms with E-state index in [9.17, 15) is 4.79 Å². The van der Waals surface area contributed by atoms with Crippen LogP contribution in [0.1, 0.15) is 5.56 Å². The number of nitrogens with zero attached hydrogens (tertiary/aromatic N) is 1. The largest absolute Gasteiger partial charge is 0.351 e. The van der Waals surface area contributed by atoms with E-state index in [1.54, 1.807) is 7.05 Å². The Morgan fingerprint density at radius 3 is 2.71 bits per heavy atom. The fourth-order valence-corrected chi connectivity index (χ4v) is 1.58. The molecule has 0 aliphatic rings. The summed E-state index contributed by atoms with van der Waals surface area (Å²) in [5, 5.41) is 0. The van der Waals surface area contributed by atoms with Gasteiger partial charge in [-0.3, -0.25) is 0 Å². The van der Waals surface area contributed by atoms with Crippen LogP contribution in [0.5, 0.6) is 0 Å². The first-order valence-electron chi connectivity index (χ1n) is 4.35. The van der Waals surface area contributed by atoms with Crippen molar-refractivity contribution >= 4 is 22.0 Å². The second-order valence-corrected chi connectivity index (χ2v) is 3.96. The smallest absolute Gasteiger partial charge is 0.314 e. The van der Waals surface area contributed by atoms with Crippen molar-refractivity contribution in [3.05, 3.63) is 34.3 Å². The molecular formula is C10H13BrN2O. The summed E-state index contributed by atoms with van der Waals surface area (Å²) in [4.78, 5) is 12.2. The Morgan fingerprint density at radius 1 is 1.50 bits per heavy atom. The Hall–Kier alpha value is -1.03. The second kappa shape index (κ2) is 5.00. The molecule has 0 aliphatic heterocycles. The normalized spacial score (nSPS) is 9.86. The van der Waals surface area contributed by atoms with Crippen molar-refractivity contribution in [3.63, 3.8) is 0 Å². The number of amides is 2. The maximum atomic E-state index is 10.7. The third-order valence-corrected chi connectivity index (χ3v) is 2.82. The van der Waals surface area contributed by atoms with Crippen molar-refractivity contribution < 1.29 is 4.79 Å². The summed E-state index contributed by atoms with van der Waals surface area (Å²) in [5.41, 5.74) is 6.29. The molecule has 1 aromatic rings. The van der Waals surface area contributed by atoms with Gasteiger partial charge in [-0.1, -0.05) is 34.1 Å². The van der Waals surface area contributed by atoms with Crippen molar-refractivity contribution in [2.75, 3.05) is 13.6 Å². The molecule has 3 nitrogen and oxygen atoms in total. The molecule has 1 aromatic carbocycles. The van der Waals surface area contributed by atoms with Gasteiger partial charge in [0.1, 0.15) is 0 Å². The number of nitrogens with two attached hydrogens (primary N) is 1. The third kappa shape index (κ3) is 3.03. The topological polar surface area (TPSA) is 46.3 Å². The minimum Gasteiger partial charge on any atom is -0.351 e. The zero-order valence-electron chi connectivity index (χ0n) is 8.03. The average molecular weight is 257 g/mol. The molecular weight excluding hydrogens is 244 g/mol. The van der Waals surface area contributed by atoms with Crippen LogP contribution < -0.4 is 5.73 Å². The first-order chi connectivity index (χ1) is 6.61. The fourth-order valence-electron chi connectivity index (χ4n) is 1.10. The summed E-state index contributed by atoms with van der Waals surface area (Å²) in [6.07, 6.45) is 0.806. The molecule has 0 atom stereocenters. The van der Waals surface area contributed by atoms with E-state index < -0.39 is 6.03 Å². The van der Waals surface area contributed by atoms with E-state index in [0.717, 1.165) is 10.9 Å². The van der Waals surface area contributed by atoms with Gasteiger partial charge in [-0.15, -0.1) is 0 Å². The van der Waals surface area contributed by atoms with Crippen LogP contribution in [0.3, 0.4) is 0 Å². The molecule has 0 aliphatic carbocycles. The molecule has 2 N–H and O–H groups in total. The monoisotopic (exact) mass is 256 g/mol. The summed E-state index contributed by atoms with van der Waals surface area (Å²) in [5.74, 6) is 0. The zero-order chi connectivity index (χ0) is 10.6. The Kier molecular flexibility index (Phi) is 3.95. The molecule has 0 saturated heterocycles. The summed E-state index contributed by atoms with van der Waals surface area (Å²) in [7, 11) is 1.69. The van der Waals surface area contributed by atoms with Gasteiger partial charge in [0.05, 0.1) is 0 Å². The zero-order valence-corrected chi connectivity index (χ0v) is 9.62. The van der Waals surface area contributed by atoms with Crippen molar-refractivity contribution in [1.29, 1.82) is 0 Å². The third-order valence-electron chi connectivity index (χ3n) is 2.05. The molecule has 14 heavy (non-hydrogen) atoms. The predicted molar refractivity (Wildman–Crippen MR) is 60.1 cm³/mol. The van der Waals surface area contributed by atoms with Gasteiger partial charge in [0, 0.05) is 18.1 Å². The average Bonchev–Trinajstić information content (AvgIpc) is 2.16. The van der Waals surface area contributed by atoms with Crippen molar-refractivity contribution in [2.45, 2.75) is 6.42 Å². The first-order valence-corrected chi connectivity index (χ1v) is 5.14. The number of rotatable bonds is 3. The van der Waals surface area contributed by atoms with Crippen molar-refractivity contribution in [2.24, 2.45) is 5.73 Å². The minimum absolute atomic E-state index is 0.392. The highest BCUT2D eigenvalue weighted by Gasteiger charge is 2.04. The van der Waals surface area contributed by atoms with Crippen LogP contribution in [0.25, 0.3) is 0 Å². The van der Waals surface area contributed by atoms with E-state index in [-0.39, 0.29) is 0 Å². The summed E-state index contributed by atoms with van der Waals surface area (Å²) in [6.45, 7) is 0.637. The quantitative estimate of drug-likeness (QED) is 0.884. The van der Waals surface area contributed by atoms with E-state index in [1.807, 2.05) is 24.3 Å². The van der Waals surface area contributed by atoms with E-state index in [0.29, 0.717) is 6.54 Å². The highest BCUT2D eigenvalue weighted by Crippen LogP contribution is 2.16. The number of hydrogen-bond donors (Lipinski definition) is 1. The van der Waals surface area contributed by atoms with Gasteiger partial charge in [0.25, 0.3) is 0 Å². The van der Waals surface area contributed by atoms with Gasteiger partial charge < -0.3 is 10.6 Å². The molecule has 0 radical (unpaired) electrons. The molecule has 2 amide bonds. The number of likely N-dealkylation sites (N-methyl/N-ethyl adjacent to an activating group) is 1. The van der Waals surface area contributed by atoms with Gasteiger partial charge in [-0.05, 0) is 18.1 Å². The van der Waals surface area contributed by atoms with Crippen LogP contribution in [-0.4, -0.2) is 24.5 Å². The molecule has 0 bridgehead atoms. The lowest BCUT2D eigenvalue weighted by Gasteiger charge is -2.14. The molecule has 0 spiro atoms. The Morgan fingerprint density at radius 2 is 2.14 bits per heavy atom. The number of benzene rings is 1. The number of urea groups is 1. The van der Waals surface area contributed by atoms with Gasteiger partial charge in [-0.2, -0.15) is 0 Å². The van der Waals surface area contributed by atoms with E-state index in [4.69, 9.17) is 5.73 Å². The molecule has 0 heterocycles. The number of carbonyl (C=O) groups excluding carboxylic acids is 1. The lowest BCUT2D eigenvalue weighted by atomic mass is 10.1. The van der Waals surface area contributed by atoms with Crippen LogP contribution in [0.4, 0.5) is 4.79 Å². The molecule has 76 valence electrons. The van der Waals surface area contributed by atoms with Crippen LogP contribution in [0.15, 0.2) is 28.7 Å². The van der Waals surface area contributed by atoms with Gasteiger partial charge in [0.2, 0.25) is 0 Å². The Balaban J connectivity index is 2.54. The van der Waals surface area contributed by atoms with Crippen LogP contribution >= 0.6 is 15.9 Å². The molecule has 1 rings (SSSR count). The SMILES string of the molecule is CN(CCc1ccccc1Br)C(N)=O. The summed E-state index contributed by atoms with van der Waals surface area (Å²) in [6, 6.07) is 7.56. The second-order valence-electron chi connectivity index (χ2n) is 3.10. The summed E-state index contributed by atoms with van der Waals surface area (Å²) >= 11 is 3.45. The standard InChI is InChI=1S/C10H13BrN2O/c1-13(10(12)14)7-6-8-4-2-3-5-9(8)11/h2-5H,6-7H2,1H3,(H2,12,14). The van der Waals surface area contributed by atoms with Crippen molar-refractivity contribution in [1.82, 2.24) is 4.90 Å². The number of hydrogen-bond acceptors (Lipinski definition) is 1. The van der Waals surface area contributed by atoms with E-state index in [2.05, 4.69) is 15.9 Å². The Labute approximate surface area is 92.0 Å². The first kappa shape index (κ1) is 11.0. The highest BCUT2D eigenvalue weighted by atomic mass is 79.9. The van der Waals surface area contributed by atoms with Gasteiger partial charge >= 0.3 is 6.03 Å². The molecule has 0 aromatic heterocycles. The maximum absolute atomic E-state index is 10.7. The molecule has 4 heteroatoms. The highest BCUT2D eigenvalue weighted by molar-refractivity contribution is 9.10. The van der Waals surface area contributed by atoms with E-state index >= 15 is 0 Å². The number of primary amides is 1. The van der Waals surface area contributed by atoms with Crippen LogP contribution in [-0.2, 0) is 6.42 Å². The molecule has 0 fully saturated rings. The maximum Gasteiger partial charge on any atom is 0.314 e. The van der Waals surface area contributed by atoms with Crippen molar-refractivity contribution in [3.8, 4) is 0 Å². The molecule has 0 unspecified atom stereocenters. The fraction of sp³-hybridized carbons (Fsp3) is 0.300. The summed E-state index contributed by atoms with van der Waals surface area (Å²) < 4.78 is 1.07. The predicted octanol–water partition coefficient (Wildman–Crippen LogP) is 2.00. The van der Waals surface area contributed by atoms with E-state index in [1.165, 1.54) is 10.5 Å². The number of carbonyl (C=O) groups is 1.